The van der Waals surface area contributed by atoms with Gasteiger partial charge in [-0.15, -0.1) is 0 Å². The topological polar surface area (TPSA) is 119 Å². The zero-order chi connectivity index (χ0) is 20.8. The van der Waals surface area contributed by atoms with E-state index in [0.29, 0.717) is 18.5 Å². The number of hydrogen-bond acceptors (Lipinski definition) is 6. The van der Waals surface area contributed by atoms with Crippen molar-refractivity contribution in [3.63, 3.8) is 0 Å². The van der Waals surface area contributed by atoms with Crippen LogP contribution in [0.2, 0.25) is 0 Å². The molecule has 0 aliphatic carbocycles. The first-order chi connectivity index (χ1) is 14.0. The number of carbonyl (C=O) groups excluding carboxylic acids is 2. The van der Waals surface area contributed by atoms with Crippen molar-refractivity contribution in [3.8, 4) is 5.69 Å². The van der Waals surface area contributed by atoms with Gasteiger partial charge in [0.05, 0.1) is 12.5 Å². The van der Waals surface area contributed by atoms with Gasteiger partial charge in [0.2, 0.25) is 18.1 Å². The van der Waals surface area contributed by atoms with E-state index in [9.17, 15) is 19.7 Å². The number of anilines is 1. The highest BCUT2D eigenvalue weighted by Gasteiger charge is 2.18. The summed E-state index contributed by atoms with van der Waals surface area (Å²) in [7, 11) is 0. The van der Waals surface area contributed by atoms with Crippen molar-refractivity contribution in [2.24, 2.45) is 0 Å². The first kappa shape index (κ1) is 19.7. The van der Waals surface area contributed by atoms with E-state index in [4.69, 9.17) is 9.25 Å². The summed E-state index contributed by atoms with van der Waals surface area (Å²) in [5, 5.41) is 13.2. The third-order valence-electron chi connectivity index (χ3n) is 3.83. The minimum atomic E-state index is -0.711. The van der Waals surface area contributed by atoms with Crippen molar-refractivity contribution in [1.82, 2.24) is 0 Å². The van der Waals surface area contributed by atoms with Gasteiger partial charge >= 0.3 is 11.9 Å². The van der Waals surface area contributed by atoms with Crippen LogP contribution in [0.5, 0.6) is 0 Å². The van der Waals surface area contributed by atoms with Crippen LogP contribution >= 0.6 is 0 Å². The molecule has 1 amide bonds. The van der Waals surface area contributed by atoms with Gasteiger partial charge in [-0.3, -0.25) is 14.9 Å². The van der Waals surface area contributed by atoms with Crippen LogP contribution in [0.4, 0.5) is 11.6 Å². The molecule has 0 radical (unpaired) electrons. The van der Waals surface area contributed by atoms with Crippen molar-refractivity contribution < 1.29 is 33.1 Å². The first-order valence-electron chi connectivity index (χ1n) is 8.76. The fourth-order valence-corrected chi connectivity index (χ4v) is 2.43. The highest BCUT2D eigenvalue weighted by atomic mass is 16.7. The predicted molar refractivity (Wildman–Crippen MR) is 98.0 cm³/mol. The molecule has 3 aromatic rings. The van der Waals surface area contributed by atoms with Gasteiger partial charge in [0, 0.05) is 22.6 Å². The molecule has 29 heavy (non-hydrogen) atoms. The minimum Gasteiger partial charge on any atom is -0.395 e. The lowest BCUT2D eigenvalue weighted by Gasteiger charge is -2.02. The standard InChI is InChI=1S/C19H17N4O6/c1-2-3-18(24)29-22-12-10-21(11-13-22)15-6-4-14(5-7-15)20-19(25)16-8-9-17(28-16)23(26)27/h4-13H,2-3H2,1H3/q+1/p+1. The zero-order valence-corrected chi connectivity index (χ0v) is 15.5. The second kappa shape index (κ2) is 8.74. The van der Waals surface area contributed by atoms with Crippen molar-refractivity contribution in [2.45, 2.75) is 19.8 Å². The molecule has 0 aliphatic heterocycles. The average Bonchev–Trinajstić information content (AvgIpc) is 3.20. The molecule has 0 saturated carbocycles. The number of aromatic nitrogens is 2. The number of hydrogen-bond donors (Lipinski definition) is 1. The SMILES string of the molecule is CCCC(=O)O[n+]1cc[n+](-c2ccc(NC(=O)c3ccc([N+](=O)[O-])o3)cc2)cc1. The number of carbonyl (C=O) groups is 2. The molecule has 0 bridgehead atoms. The molecule has 1 N–H and O–H groups in total. The number of benzene rings is 1. The Morgan fingerprint density at radius 2 is 1.79 bits per heavy atom. The monoisotopic (exact) mass is 398 g/mol. The predicted octanol–water partition coefficient (Wildman–Crippen LogP) is 1.76. The second-order valence-electron chi connectivity index (χ2n) is 5.97. The van der Waals surface area contributed by atoms with E-state index < -0.39 is 16.7 Å². The van der Waals surface area contributed by atoms with E-state index in [-0.39, 0.29) is 11.7 Å². The maximum Gasteiger partial charge on any atom is 0.433 e. The summed E-state index contributed by atoms with van der Waals surface area (Å²) in [4.78, 5) is 38.6. The van der Waals surface area contributed by atoms with E-state index in [2.05, 4.69) is 5.32 Å². The summed E-state index contributed by atoms with van der Waals surface area (Å²) >= 11 is 0. The number of nitrogens with one attached hydrogen (secondary N) is 1. The fraction of sp³-hybridized carbons (Fsp3) is 0.158. The van der Waals surface area contributed by atoms with E-state index in [1.54, 1.807) is 53.6 Å². The molecular weight excluding hydrogens is 380 g/mol. The van der Waals surface area contributed by atoms with E-state index in [0.717, 1.165) is 11.8 Å². The number of nitro groups is 1. The molecule has 0 saturated heterocycles. The lowest BCUT2D eigenvalue weighted by molar-refractivity contribution is -0.877. The van der Waals surface area contributed by atoms with Gasteiger partial charge in [-0.05, 0) is 24.6 Å². The van der Waals surface area contributed by atoms with Crippen molar-refractivity contribution >= 4 is 23.4 Å². The van der Waals surface area contributed by atoms with Crippen LogP contribution in [0.3, 0.4) is 0 Å². The summed E-state index contributed by atoms with van der Waals surface area (Å²) in [5.41, 5.74) is 1.31. The molecule has 0 atom stereocenters. The van der Waals surface area contributed by atoms with Gasteiger partial charge < -0.3 is 9.73 Å². The Bertz CT molecular complexity index is 1030. The van der Waals surface area contributed by atoms with Crippen LogP contribution in [-0.4, -0.2) is 16.8 Å². The van der Waals surface area contributed by atoms with Crippen molar-refractivity contribution in [2.75, 3.05) is 5.32 Å². The van der Waals surface area contributed by atoms with E-state index in [1.807, 2.05) is 6.92 Å². The molecule has 2 aromatic heterocycles. The summed E-state index contributed by atoms with van der Waals surface area (Å²) in [5.74, 6) is -1.55. The Labute approximate surface area is 165 Å². The Morgan fingerprint density at radius 3 is 2.38 bits per heavy atom. The highest BCUT2D eigenvalue weighted by molar-refractivity contribution is 6.02. The summed E-state index contributed by atoms with van der Waals surface area (Å²) in [6.45, 7) is 1.90. The Kier molecular flexibility index (Phi) is 5.93. The normalized spacial score (nSPS) is 10.4. The van der Waals surface area contributed by atoms with Gasteiger partial charge in [-0.2, -0.15) is 9.40 Å². The smallest absolute Gasteiger partial charge is 0.395 e. The van der Waals surface area contributed by atoms with E-state index >= 15 is 0 Å². The summed E-state index contributed by atoms with van der Waals surface area (Å²) < 4.78 is 7.99. The van der Waals surface area contributed by atoms with Crippen LogP contribution in [0.1, 0.15) is 30.3 Å². The molecule has 2 heterocycles. The fourth-order valence-electron chi connectivity index (χ4n) is 2.43. The molecular formula is C19H18N4O6+2. The molecule has 3 rings (SSSR count). The Hall–Kier alpha value is -4.08. The highest BCUT2D eigenvalue weighted by Crippen LogP contribution is 2.17. The van der Waals surface area contributed by atoms with Crippen LogP contribution in [0.15, 0.2) is 65.6 Å². The number of amides is 1. The van der Waals surface area contributed by atoms with Gasteiger partial charge in [-0.1, -0.05) is 6.92 Å². The number of furan rings is 1. The zero-order valence-electron chi connectivity index (χ0n) is 15.5. The van der Waals surface area contributed by atoms with Gasteiger partial charge in [0.15, 0.2) is 5.76 Å². The molecule has 0 unspecified atom stereocenters. The largest absolute Gasteiger partial charge is 0.433 e. The molecule has 10 heteroatoms. The molecule has 0 spiro atoms. The molecule has 0 fully saturated rings. The van der Waals surface area contributed by atoms with Crippen molar-refractivity contribution in [1.29, 1.82) is 0 Å². The maximum absolute atomic E-state index is 12.1. The third kappa shape index (κ3) is 5.01. The lowest BCUT2D eigenvalue weighted by Crippen LogP contribution is -2.48. The van der Waals surface area contributed by atoms with Crippen LogP contribution in [0, 0.1) is 10.1 Å². The van der Waals surface area contributed by atoms with Crippen LogP contribution in [0.25, 0.3) is 5.69 Å². The van der Waals surface area contributed by atoms with Crippen molar-refractivity contribution in [3.05, 3.63) is 77.1 Å². The first-order valence-corrected chi connectivity index (χ1v) is 8.76. The van der Waals surface area contributed by atoms with Crippen LogP contribution in [-0.2, 0) is 4.79 Å². The van der Waals surface area contributed by atoms with Gasteiger partial charge in [-0.25, -0.2) is 4.79 Å². The Balaban J connectivity index is 1.64. The summed E-state index contributed by atoms with van der Waals surface area (Å²) in [6.07, 6.45) is 7.70. The molecule has 0 aliphatic rings. The number of nitrogens with zero attached hydrogens (tertiary/aromatic N) is 3. The van der Waals surface area contributed by atoms with Gasteiger partial charge in [0.25, 0.3) is 18.3 Å². The third-order valence-corrected chi connectivity index (χ3v) is 3.83. The van der Waals surface area contributed by atoms with Gasteiger partial charge in [0.1, 0.15) is 4.92 Å². The average molecular weight is 398 g/mol. The maximum atomic E-state index is 12.1. The molecule has 148 valence electrons. The lowest BCUT2D eigenvalue weighted by atomic mass is 10.2. The second-order valence-corrected chi connectivity index (χ2v) is 5.97. The molecule has 10 nitrogen and oxygen atoms in total. The summed E-state index contributed by atoms with van der Waals surface area (Å²) in [6, 6.07) is 9.27. The Morgan fingerprint density at radius 1 is 1.10 bits per heavy atom. The number of rotatable bonds is 7. The molecule has 1 aromatic carbocycles. The van der Waals surface area contributed by atoms with Crippen LogP contribution < -0.4 is 19.5 Å². The quantitative estimate of drug-likeness (QED) is 0.368. The van der Waals surface area contributed by atoms with E-state index in [1.165, 1.54) is 10.8 Å². The minimum absolute atomic E-state index is 0.152.